The fraction of sp³-hybridized carbons (Fsp3) is 0.600. The minimum Gasteiger partial charge on any atom is -0.395 e. The quantitative estimate of drug-likeness (QED) is 0.673. The highest BCUT2D eigenvalue weighted by Crippen LogP contribution is 2.11. The number of aryl methyl sites for hydroxylation is 1. The summed E-state index contributed by atoms with van der Waals surface area (Å²) in [7, 11) is 1.63. The second-order valence-electron chi connectivity index (χ2n) is 3.88. The molecule has 1 heterocycles. The molecule has 0 bridgehead atoms. The number of aromatic amines is 1. The molecule has 4 N–H and O–H groups in total. The highest BCUT2D eigenvalue weighted by atomic mass is 16.5. The Bertz CT molecular complexity index is 362. The Morgan fingerprint density at radius 2 is 2.38 bits per heavy atom. The van der Waals surface area contributed by atoms with Crippen LogP contribution in [0.1, 0.15) is 23.1 Å². The third-order valence-electron chi connectivity index (χ3n) is 2.27. The average molecular weight is 226 g/mol. The molecule has 0 spiro atoms. The maximum atomic E-state index is 11.7. The van der Waals surface area contributed by atoms with E-state index in [-0.39, 0.29) is 17.5 Å². The van der Waals surface area contributed by atoms with E-state index in [0.29, 0.717) is 24.5 Å². The Labute approximate surface area is 94.5 Å². The molecule has 1 amide bonds. The molecule has 1 rings (SSSR count). The summed E-state index contributed by atoms with van der Waals surface area (Å²) in [5.41, 5.74) is 7.04. The molecule has 0 aliphatic carbocycles. The second-order valence-corrected chi connectivity index (χ2v) is 3.88. The maximum Gasteiger partial charge on any atom is 0.273 e. The predicted molar refractivity (Wildman–Crippen MR) is 61.1 cm³/mol. The highest BCUT2D eigenvalue weighted by Gasteiger charge is 2.15. The van der Waals surface area contributed by atoms with Gasteiger partial charge in [0.15, 0.2) is 5.69 Å². The number of methoxy groups -OCH3 is 1. The molecule has 0 saturated carbocycles. The van der Waals surface area contributed by atoms with Gasteiger partial charge in [-0.2, -0.15) is 5.10 Å². The molecule has 1 atom stereocenters. The Kier molecular flexibility index (Phi) is 4.30. The number of carbonyl (C=O) groups is 1. The molecule has 0 fully saturated rings. The summed E-state index contributed by atoms with van der Waals surface area (Å²) in [6.07, 6.45) is 0. The summed E-state index contributed by atoms with van der Waals surface area (Å²) >= 11 is 0. The zero-order valence-corrected chi connectivity index (χ0v) is 9.83. The zero-order chi connectivity index (χ0) is 12.1. The number of ether oxygens (including phenoxy) is 1. The number of amides is 1. The number of nitrogens with two attached hydrogens (primary N) is 1. The van der Waals surface area contributed by atoms with E-state index < -0.39 is 0 Å². The first-order chi connectivity index (χ1) is 7.56. The first-order valence-corrected chi connectivity index (χ1v) is 5.13. The van der Waals surface area contributed by atoms with Crippen molar-refractivity contribution in [3.8, 4) is 0 Å². The minimum absolute atomic E-state index is 0.252. The molecule has 6 heteroatoms. The number of nitrogens with zero attached hydrogens (tertiary/aromatic N) is 1. The van der Waals surface area contributed by atoms with Crippen LogP contribution < -0.4 is 11.1 Å². The van der Waals surface area contributed by atoms with Gasteiger partial charge in [0.1, 0.15) is 0 Å². The van der Waals surface area contributed by atoms with E-state index in [1.807, 2.05) is 6.92 Å². The number of rotatable bonds is 5. The molecule has 1 aromatic heterocycles. The number of nitrogen functional groups attached to an aromatic ring is 1. The van der Waals surface area contributed by atoms with Crippen LogP contribution in [0.15, 0.2) is 0 Å². The van der Waals surface area contributed by atoms with E-state index in [9.17, 15) is 4.79 Å². The number of hydrogen-bond acceptors (Lipinski definition) is 4. The van der Waals surface area contributed by atoms with Gasteiger partial charge in [-0.1, -0.05) is 6.92 Å². The minimum atomic E-state index is -0.259. The monoisotopic (exact) mass is 226 g/mol. The van der Waals surface area contributed by atoms with Crippen molar-refractivity contribution in [3.63, 3.8) is 0 Å². The standard InChI is InChI=1S/C10H18N4O2/c1-6(5-16-3)4-12-10(15)9-8(11)7(2)13-14-9/h6H,4-5,11H2,1-3H3,(H,12,15)(H,13,14). The number of anilines is 1. The third-order valence-corrected chi connectivity index (χ3v) is 2.27. The van der Waals surface area contributed by atoms with Gasteiger partial charge in [-0.3, -0.25) is 9.89 Å². The number of nitrogens with one attached hydrogen (secondary N) is 2. The van der Waals surface area contributed by atoms with Gasteiger partial charge < -0.3 is 15.8 Å². The Balaban J connectivity index is 2.50. The van der Waals surface area contributed by atoms with Crippen molar-refractivity contribution >= 4 is 11.6 Å². The molecule has 0 saturated heterocycles. The van der Waals surface area contributed by atoms with Gasteiger partial charge in [0.05, 0.1) is 18.0 Å². The molecular weight excluding hydrogens is 208 g/mol. The molecule has 0 aliphatic rings. The van der Waals surface area contributed by atoms with Gasteiger partial charge in [0.2, 0.25) is 0 Å². The Morgan fingerprint density at radius 3 is 2.88 bits per heavy atom. The largest absolute Gasteiger partial charge is 0.395 e. The van der Waals surface area contributed by atoms with Gasteiger partial charge in [0, 0.05) is 13.7 Å². The van der Waals surface area contributed by atoms with Crippen LogP contribution in [0.5, 0.6) is 0 Å². The number of hydrogen-bond donors (Lipinski definition) is 3. The van der Waals surface area contributed by atoms with Crippen molar-refractivity contribution in [2.24, 2.45) is 5.92 Å². The van der Waals surface area contributed by atoms with Gasteiger partial charge in [-0.05, 0) is 12.8 Å². The third kappa shape index (κ3) is 2.96. The van der Waals surface area contributed by atoms with E-state index in [1.165, 1.54) is 0 Å². The van der Waals surface area contributed by atoms with Crippen LogP contribution in [-0.2, 0) is 4.74 Å². The van der Waals surface area contributed by atoms with Crippen LogP contribution >= 0.6 is 0 Å². The molecule has 0 aliphatic heterocycles. The summed E-state index contributed by atoms with van der Waals surface area (Å²) in [6.45, 7) is 4.91. The zero-order valence-electron chi connectivity index (χ0n) is 9.83. The van der Waals surface area contributed by atoms with Crippen LogP contribution in [0.3, 0.4) is 0 Å². The first kappa shape index (κ1) is 12.5. The number of aromatic nitrogens is 2. The van der Waals surface area contributed by atoms with Crippen molar-refractivity contribution in [2.75, 3.05) is 26.0 Å². The van der Waals surface area contributed by atoms with E-state index in [1.54, 1.807) is 14.0 Å². The number of carbonyl (C=O) groups excluding carboxylic acids is 1. The summed E-state index contributed by atoms with van der Waals surface area (Å²) < 4.78 is 4.97. The topological polar surface area (TPSA) is 93.0 Å². The fourth-order valence-corrected chi connectivity index (χ4v) is 1.30. The van der Waals surface area contributed by atoms with Crippen LogP contribution in [0.4, 0.5) is 5.69 Å². The van der Waals surface area contributed by atoms with Crippen LogP contribution in [0.2, 0.25) is 0 Å². The molecule has 1 aromatic rings. The first-order valence-electron chi connectivity index (χ1n) is 5.13. The molecule has 1 unspecified atom stereocenters. The van der Waals surface area contributed by atoms with Gasteiger partial charge in [0.25, 0.3) is 5.91 Å². The summed E-state index contributed by atoms with van der Waals surface area (Å²) in [4.78, 5) is 11.7. The van der Waals surface area contributed by atoms with E-state index >= 15 is 0 Å². The SMILES string of the molecule is COCC(C)CNC(=O)c1n[nH]c(C)c1N. The van der Waals surface area contributed by atoms with Crippen LogP contribution in [0.25, 0.3) is 0 Å². The maximum absolute atomic E-state index is 11.7. The van der Waals surface area contributed by atoms with Gasteiger partial charge >= 0.3 is 0 Å². The van der Waals surface area contributed by atoms with Gasteiger partial charge in [-0.15, -0.1) is 0 Å². The molecule has 0 aromatic carbocycles. The van der Waals surface area contributed by atoms with Crippen molar-refractivity contribution < 1.29 is 9.53 Å². The van der Waals surface area contributed by atoms with Crippen molar-refractivity contribution in [3.05, 3.63) is 11.4 Å². The van der Waals surface area contributed by atoms with Gasteiger partial charge in [-0.25, -0.2) is 0 Å². The summed E-state index contributed by atoms with van der Waals surface area (Å²) in [5.74, 6) is 0.0000151. The average Bonchev–Trinajstić information content (AvgIpc) is 2.57. The molecule has 6 nitrogen and oxygen atoms in total. The summed E-state index contributed by atoms with van der Waals surface area (Å²) in [5, 5.41) is 9.27. The lowest BCUT2D eigenvalue weighted by Gasteiger charge is -2.10. The molecule has 16 heavy (non-hydrogen) atoms. The normalized spacial score (nSPS) is 12.4. The molecule has 90 valence electrons. The lowest BCUT2D eigenvalue weighted by atomic mass is 10.2. The fourth-order valence-electron chi connectivity index (χ4n) is 1.30. The molecular formula is C10H18N4O2. The van der Waals surface area contributed by atoms with E-state index in [0.717, 1.165) is 0 Å². The Hall–Kier alpha value is -1.56. The highest BCUT2D eigenvalue weighted by molar-refractivity contribution is 5.97. The Morgan fingerprint density at radius 1 is 1.69 bits per heavy atom. The van der Waals surface area contributed by atoms with Crippen molar-refractivity contribution in [1.82, 2.24) is 15.5 Å². The smallest absolute Gasteiger partial charge is 0.273 e. The van der Waals surface area contributed by atoms with E-state index in [4.69, 9.17) is 10.5 Å². The van der Waals surface area contributed by atoms with Crippen LogP contribution in [0, 0.1) is 12.8 Å². The van der Waals surface area contributed by atoms with E-state index in [2.05, 4.69) is 15.5 Å². The van der Waals surface area contributed by atoms with Crippen molar-refractivity contribution in [1.29, 1.82) is 0 Å². The molecule has 0 radical (unpaired) electrons. The lowest BCUT2D eigenvalue weighted by Crippen LogP contribution is -2.30. The van der Waals surface area contributed by atoms with Crippen molar-refractivity contribution in [2.45, 2.75) is 13.8 Å². The lowest BCUT2D eigenvalue weighted by molar-refractivity contribution is 0.0930. The predicted octanol–water partition coefficient (Wildman–Crippen LogP) is 0.313. The summed E-state index contributed by atoms with van der Waals surface area (Å²) in [6, 6.07) is 0. The van der Waals surface area contributed by atoms with Crippen LogP contribution in [-0.4, -0.2) is 36.4 Å². The second kappa shape index (κ2) is 5.50. The number of H-pyrrole nitrogens is 1.